The van der Waals surface area contributed by atoms with E-state index in [1.54, 1.807) is 6.08 Å². The minimum absolute atomic E-state index is 0.0185. The van der Waals surface area contributed by atoms with Crippen molar-refractivity contribution in [3.8, 4) is 0 Å². The Morgan fingerprint density at radius 2 is 1.48 bits per heavy atom. The van der Waals surface area contributed by atoms with E-state index in [1.807, 2.05) is 36.4 Å². The Hall–Kier alpha value is -2.54. The summed E-state index contributed by atoms with van der Waals surface area (Å²) in [5, 5.41) is 1.72. The van der Waals surface area contributed by atoms with Crippen molar-refractivity contribution in [2.75, 3.05) is 46.6 Å². The Balaban J connectivity index is 1.53. The molecule has 0 N–H and O–H groups in total. The van der Waals surface area contributed by atoms with Gasteiger partial charge in [0.1, 0.15) is 12.2 Å². The van der Waals surface area contributed by atoms with Crippen LogP contribution in [0.15, 0.2) is 72.8 Å². The molecule has 0 unspecified atom stereocenters. The first kappa shape index (κ1) is 45.0. The Kier molecular flexibility index (Phi) is 13.5. The quantitative estimate of drug-likeness (QED) is 0.0626. The number of ether oxygens (including phenoxy) is 5. The summed E-state index contributed by atoms with van der Waals surface area (Å²) in [6.07, 6.45) is 6.73. The fourth-order valence-electron chi connectivity index (χ4n) is 10.2. The molecule has 320 valence electrons. The second-order valence-electron chi connectivity index (χ2n) is 19.0. The summed E-state index contributed by atoms with van der Waals surface area (Å²) in [6.45, 7) is 13.3. The van der Waals surface area contributed by atoms with Gasteiger partial charge in [0.05, 0.1) is 44.7 Å². The normalized spacial score (nSPS) is 28.6. The summed E-state index contributed by atoms with van der Waals surface area (Å²) in [7, 11) is -7.34. The van der Waals surface area contributed by atoms with Gasteiger partial charge in [0.2, 0.25) is 0 Å². The standard InChI is InChI=1S/C44H64O11SSi2/c1-41(2,3)58(33-18-12-9-13-19-33,34-20-14-10-15-21-34)53-29-35-36(45)22-23-37-43(35,30-51-32-50-26-27-57(6,7)8)38-28-39(55-42(54-38)24-16-11-17-25-42)44(37,40(46)49-4)31-52-56(5,47)48/h9-10,12-15,18-23,35,37-39H,11,16-17,24-32H2,1-8H3/t35-,37+,38-,39+,43+,44+/m0/s1. The lowest BCUT2D eigenvalue weighted by atomic mass is 9.46. The highest BCUT2D eigenvalue weighted by Gasteiger charge is 2.73. The SMILES string of the molecule is COC(=O)[C@@]1(COS(C)(=O)=O)[C@H]2C[C@H](OC3(CCCCC3)O2)[C@]2(COCOCC[Si](C)(C)C)[C@@H](CO[Si](c3ccccc3)(c3ccccc3)C(C)(C)C)C(=O)C=C[C@@H]12. The van der Waals surface area contributed by atoms with Gasteiger partial charge in [-0.15, -0.1) is 0 Å². The van der Waals surface area contributed by atoms with Crippen LogP contribution in [0.5, 0.6) is 0 Å². The van der Waals surface area contributed by atoms with Gasteiger partial charge in [-0.1, -0.05) is 114 Å². The van der Waals surface area contributed by atoms with E-state index in [4.69, 9.17) is 32.3 Å². The number of methoxy groups -OCH3 is 1. The monoisotopic (exact) mass is 856 g/mol. The molecule has 6 atom stereocenters. The second kappa shape index (κ2) is 17.4. The van der Waals surface area contributed by atoms with Crippen molar-refractivity contribution >= 4 is 48.6 Å². The van der Waals surface area contributed by atoms with Crippen LogP contribution in [0.2, 0.25) is 30.7 Å². The lowest BCUT2D eigenvalue weighted by Gasteiger charge is -2.66. The number of hydrogen-bond donors (Lipinski definition) is 0. The van der Waals surface area contributed by atoms with Crippen molar-refractivity contribution < 1.29 is 50.3 Å². The van der Waals surface area contributed by atoms with E-state index in [1.165, 1.54) is 13.2 Å². The molecule has 0 aromatic heterocycles. The van der Waals surface area contributed by atoms with E-state index in [2.05, 4.69) is 64.7 Å². The van der Waals surface area contributed by atoms with Crippen LogP contribution in [0.1, 0.15) is 59.3 Å². The smallest absolute Gasteiger partial charge is 0.317 e. The van der Waals surface area contributed by atoms with Crippen LogP contribution in [0, 0.1) is 22.7 Å². The maximum atomic E-state index is 14.9. The lowest BCUT2D eigenvalue weighted by molar-refractivity contribution is -0.396. The lowest BCUT2D eigenvalue weighted by Crippen LogP contribution is -2.75. The third kappa shape index (κ3) is 8.78. The molecule has 14 heteroatoms. The number of allylic oxidation sites excluding steroid dienone is 2. The van der Waals surface area contributed by atoms with Crippen LogP contribution in [0.25, 0.3) is 0 Å². The molecule has 0 amide bonds. The first-order chi connectivity index (χ1) is 27.3. The summed E-state index contributed by atoms with van der Waals surface area (Å²) in [5.41, 5.74) is -2.96. The topological polar surface area (TPSA) is 133 Å². The van der Waals surface area contributed by atoms with Crippen LogP contribution in [0.4, 0.5) is 0 Å². The van der Waals surface area contributed by atoms with Gasteiger partial charge < -0.3 is 28.1 Å². The van der Waals surface area contributed by atoms with Crippen LogP contribution in [0.3, 0.4) is 0 Å². The van der Waals surface area contributed by atoms with Crippen LogP contribution >= 0.6 is 0 Å². The fourth-order valence-corrected chi connectivity index (χ4v) is 15.9. The van der Waals surface area contributed by atoms with Crippen LogP contribution in [-0.2, 0) is 52.0 Å². The summed E-state index contributed by atoms with van der Waals surface area (Å²) < 4.78 is 71.1. The minimum Gasteiger partial charge on any atom is -0.468 e. The molecule has 11 nitrogen and oxygen atoms in total. The van der Waals surface area contributed by atoms with Crippen molar-refractivity contribution in [3.05, 3.63) is 72.8 Å². The fraction of sp³-hybridized carbons (Fsp3) is 0.636. The number of benzene rings is 2. The van der Waals surface area contributed by atoms with Gasteiger partial charge in [0.15, 0.2) is 11.6 Å². The maximum absolute atomic E-state index is 14.9. The predicted molar refractivity (Wildman–Crippen MR) is 227 cm³/mol. The maximum Gasteiger partial charge on any atom is 0.317 e. The number of ketones is 1. The van der Waals surface area contributed by atoms with E-state index < -0.39 is 84.8 Å². The van der Waals surface area contributed by atoms with Gasteiger partial charge in [-0.25, -0.2) is 0 Å². The summed E-state index contributed by atoms with van der Waals surface area (Å²) in [5.74, 6) is -3.70. The number of hydrogen-bond acceptors (Lipinski definition) is 11. The van der Waals surface area contributed by atoms with Crippen LogP contribution < -0.4 is 10.4 Å². The number of rotatable bonds is 16. The Morgan fingerprint density at radius 1 is 0.879 bits per heavy atom. The zero-order chi connectivity index (χ0) is 42.0. The first-order valence-corrected chi connectivity index (χ1v) is 28.2. The summed E-state index contributed by atoms with van der Waals surface area (Å²) in [4.78, 5) is 29.5. The Morgan fingerprint density at radius 3 is 2.03 bits per heavy atom. The molecule has 2 bridgehead atoms. The van der Waals surface area contributed by atoms with Crippen LogP contribution in [-0.4, -0.2) is 101 Å². The molecular weight excluding hydrogens is 793 g/mol. The molecule has 58 heavy (non-hydrogen) atoms. The molecule has 2 saturated carbocycles. The summed E-state index contributed by atoms with van der Waals surface area (Å²) in [6, 6.07) is 21.4. The predicted octanol–water partition coefficient (Wildman–Crippen LogP) is 6.23. The zero-order valence-electron chi connectivity index (χ0n) is 35.6. The van der Waals surface area contributed by atoms with E-state index in [-0.39, 0.29) is 32.2 Å². The highest BCUT2D eigenvalue weighted by atomic mass is 32.2. The van der Waals surface area contributed by atoms with Crippen molar-refractivity contribution in [1.29, 1.82) is 0 Å². The zero-order valence-corrected chi connectivity index (χ0v) is 38.4. The average molecular weight is 857 g/mol. The number of carbonyl (C=O) groups excluding carboxylic acids is 2. The third-order valence-corrected chi connectivity index (χ3v) is 20.2. The van der Waals surface area contributed by atoms with Crippen molar-refractivity contribution in [2.45, 2.75) is 108 Å². The van der Waals surface area contributed by atoms with E-state index in [0.717, 1.165) is 41.9 Å². The molecule has 1 saturated heterocycles. The molecule has 3 fully saturated rings. The highest BCUT2D eigenvalue weighted by molar-refractivity contribution is 7.86. The van der Waals surface area contributed by atoms with Gasteiger partial charge >= 0.3 is 5.97 Å². The molecule has 4 aliphatic rings. The van der Waals surface area contributed by atoms with E-state index >= 15 is 0 Å². The van der Waals surface area contributed by atoms with Gasteiger partial charge in [0.25, 0.3) is 18.4 Å². The molecule has 1 heterocycles. The summed E-state index contributed by atoms with van der Waals surface area (Å²) >= 11 is 0. The molecule has 2 aromatic carbocycles. The highest BCUT2D eigenvalue weighted by Crippen LogP contribution is 2.64. The molecule has 1 spiro atoms. The van der Waals surface area contributed by atoms with Gasteiger partial charge in [-0.2, -0.15) is 8.42 Å². The largest absolute Gasteiger partial charge is 0.468 e. The van der Waals surface area contributed by atoms with Crippen molar-refractivity contribution in [3.63, 3.8) is 0 Å². The average Bonchev–Trinajstić information content (AvgIpc) is 3.17. The van der Waals surface area contributed by atoms with Gasteiger partial charge in [-0.3, -0.25) is 13.8 Å². The first-order valence-electron chi connectivity index (χ1n) is 20.7. The molecule has 6 rings (SSSR count). The number of fused-ring (bicyclic) bond motifs is 4. The Bertz CT molecular complexity index is 1830. The van der Waals surface area contributed by atoms with Gasteiger partial charge in [0, 0.05) is 51.9 Å². The second-order valence-corrected chi connectivity index (χ2v) is 30.6. The van der Waals surface area contributed by atoms with Gasteiger partial charge in [-0.05, 0) is 40.4 Å². The number of esters is 1. The molecule has 3 aliphatic carbocycles. The van der Waals surface area contributed by atoms with E-state index in [0.29, 0.717) is 19.4 Å². The number of carbonyl (C=O) groups is 2. The Labute approximate surface area is 347 Å². The molecule has 0 radical (unpaired) electrons. The van der Waals surface area contributed by atoms with Crippen molar-refractivity contribution in [2.24, 2.45) is 22.7 Å². The van der Waals surface area contributed by atoms with E-state index in [9.17, 15) is 18.0 Å². The molecule has 1 aliphatic heterocycles. The third-order valence-electron chi connectivity index (χ3n) is 13.0. The molecule has 2 aromatic rings. The minimum atomic E-state index is -4.05. The van der Waals surface area contributed by atoms with Crippen molar-refractivity contribution in [1.82, 2.24) is 0 Å². The molecular formula is C44H64O11SSi2.